The lowest BCUT2D eigenvalue weighted by Gasteiger charge is -1.94. The Morgan fingerprint density at radius 3 is 2.76 bits per heavy atom. The van der Waals surface area contributed by atoms with Gasteiger partial charge in [-0.1, -0.05) is 30.3 Å². The summed E-state index contributed by atoms with van der Waals surface area (Å²) in [5, 5.41) is 3.14. The lowest BCUT2D eigenvalue weighted by molar-refractivity contribution is 1.02. The zero-order valence-electron chi connectivity index (χ0n) is 11.2. The van der Waals surface area contributed by atoms with E-state index in [0.717, 1.165) is 33.3 Å². The molecule has 0 unspecified atom stereocenters. The Morgan fingerprint density at radius 1 is 1.00 bits per heavy atom. The van der Waals surface area contributed by atoms with E-state index in [9.17, 15) is 0 Å². The van der Waals surface area contributed by atoms with Gasteiger partial charge >= 0.3 is 0 Å². The Kier molecular flexibility index (Phi) is 2.97. The van der Waals surface area contributed by atoms with E-state index in [0.29, 0.717) is 6.42 Å². The van der Waals surface area contributed by atoms with Crippen molar-refractivity contribution in [3.05, 3.63) is 64.9 Å². The van der Waals surface area contributed by atoms with Gasteiger partial charge in [-0.3, -0.25) is 0 Å². The maximum Gasteiger partial charge on any atom is 0.177 e. The van der Waals surface area contributed by atoms with Crippen molar-refractivity contribution in [2.75, 3.05) is 0 Å². The molecule has 5 heteroatoms. The Balaban J connectivity index is 1.61. The fraction of sp³-hybridized carbons (Fsp3) is 0.0625. The zero-order valence-corrected chi connectivity index (χ0v) is 12.0. The monoisotopic (exact) mass is 292 g/mol. The van der Waals surface area contributed by atoms with Gasteiger partial charge in [-0.15, -0.1) is 11.3 Å². The molecular weight excluding hydrogens is 280 g/mol. The van der Waals surface area contributed by atoms with E-state index in [1.807, 2.05) is 30.3 Å². The number of pyridine rings is 1. The molecule has 0 spiro atoms. The first-order valence-electron chi connectivity index (χ1n) is 6.68. The van der Waals surface area contributed by atoms with Gasteiger partial charge in [0.25, 0.3) is 0 Å². The summed E-state index contributed by atoms with van der Waals surface area (Å²) >= 11 is 1.66. The number of rotatable bonds is 3. The first-order chi connectivity index (χ1) is 10.4. The van der Waals surface area contributed by atoms with Gasteiger partial charge in [0.05, 0.1) is 17.6 Å². The number of aromatic amines is 1. The van der Waals surface area contributed by atoms with Crippen molar-refractivity contribution in [2.24, 2.45) is 0 Å². The highest BCUT2D eigenvalue weighted by atomic mass is 32.1. The molecule has 4 aromatic rings. The third-order valence-corrected chi connectivity index (χ3v) is 4.10. The SMILES string of the molecule is c1ccc(-c2csc(Cc3nc4ncccc4[nH]3)n2)cc1. The molecule has 0 radical (unpaired) electrons. The summed E-state index contributed by atoms with van der Waals surface area (Å²) in [7, 11) is 0. The van der Waals surface area contributed by atoms with E-state index in [1.165, 1.54) is 0 Å². The van der Waals surface area contributed by atoms with Crippen molar-refractivity contribution < 1.29 is 0 Å². The molecule has 0 aliphatic heterocycles. The Labute approximate surface area is 125 Å². The summed E-state index contributed by atoms with van der Waals surface area (Å²) in [5.41, 5.74) is 3.88. The van der Waals surface area contributed by atoms with Crippen LogP contribution in [-0.4, -0.2) is 19.9 Å². The van der Waals surface area contributed by atoms with Gasteiger partial charge in [0.1, 0.15) is 10.8 Å². The van der Waals surface area contributed by atoms with Crippen LogP contribution in [0.1, 0.15) is 10.8 Å². The lowest BCUT2D eigenvalue weighted by atomic mass is 10.2. The van der Waals surface area contributed by atoms with Crippen LogP contribution in [0.3, 0.4) is 0 Å². The van der Waals surface area contributed by atoms with Crippen LogP contribution in [0.25, 0.3) is 22.4 Å². The number of benzene rings is 1. The van der Waals surface area contributed by atoms with E-state index < -0.39 is 0 Å². The summed E-state index contributed by atoms with van der Waals surface area (Å²) in [6, 6.07) is 14.1. The van der Waals surface area contributed by atoms with E-state index >= 15 is 0 Å². The molecule has 0 aliphatic rings. The lowest BCUT2D eigenvalue weighted by Crippen LogP contribution is -1.90. The van der Waals surface area contributed by atoms with Crippen molar-refractivity contribution in [3.8, 4) is 11.3 Å². The van der Waals surface area contributed by atoms with Crippen LogP contribution in [0, 0.1) is 0 Å². The molecule has 0 bridgehead atoms. The number of hydrogen-bond donors (Lipinski definition) is 1. The summed E-state index contributed by atoms with van der Waals surface area (Å²) < 4.78 is 0. The molecule has 3 heterocycles. The summed E-state index contributed by atoms with van der Waals surface area (Å²) in [4.78, 5) is 16.7. The van der Waals surface area contributed by atoms with Crippen molar-refractivity contribution in [2.45, 2.75) is 6.42 Å². The predicted molar refractivity (Wildman–Crippen MR) is 84.2 cm³/mol. The number of aromatic nitrogens is 4. The van der Waals surface area contributed by atoms with Gasteiger partial charge in [-0.25, -0.2) is 15.0 Å². The molecule has 4 rings (SSSR count). The van der Waals surface area contributed by atoms with Crippen molar-refractivity contribution in [1.29, 1.82) is 0 Å². The van der Waals surface area contributed by atoms with Gasteiger partial charge in [-0.2, -0.15) is 0 Å². The fourth-order valence-corrected chi connectivity index (χ4v) is 3.06. The third-order valence-electron chi connectivity index (χ3n) is 3.25. The number of imidazole rings is 1. The molecule has 1 N–H and O–H groups in total. The van der Waals surface area contributed by atoms with E-state index in [1.54, 1.807) is 17.5 Å². The van der Waals surface area contributed by atoms with E-state index in [4.69, 9.17) is 0 Å². The second-order valence-corrected chi connectivity index (χ2v) is 5.67. The van der Waals surface area contributed by atoms with E-state index in [-0.39, 0.29) is 0 Å². The van der Waals surface area contributed by atoms with Crippen LogP contribution in [0.5, 0.6) is 0 Å². The maximum absolute atomic E-state index is 4.68. The van der Waals surface area contributed by atoms with Crippen LogP contribution in [0.15, 0.2) is 54.0 Å². The molecule has 0 aliphatic carbocycles. The van der Waals surface area contributed by atoms with Gasteiger partial charge in [0.15, 0.2) is 5.65 Å². The highest BCUT2D eigenvalue weighted by Gasteiger charge is 2.08. The van der Waals surface area contributed by atoms with Crippen LogP contribution in [-0.2, 0) is 6.42 Å². The number of H-pyrrole nitrogens is 1. The van der Waals surface area contributed by atoms with Crippen LogP contribution >= 0.6 is 11.3 Å². The third kappa shape index (κ3) is 2.43. The smallest absolute Gasteiger partial charge is 0.177 e. The Bertz CT molecular complexity index is 846. The van der Waals surface area contributed by atoms with Gasteiger partial charge < -0.3 is 4.98 Å². The number of nitrogens with zero attached hydrogens (tertiary/aromatic N) is 3. The molecule has 0 atom stereocenters. The van der Waals surface area contributed by atoms with Crippen molar-refractivity contribution >= 4 is 22.5 Å². The van der Waals surface area contributed by atoms with E-state index in [2.05, 4.69) is 37.4 Å². The second-order valence-electron chi connectivity index (χ2n) is 4.73. The largest absolute Gasteiger partial charge is 0.340 e. The minimum absolute atomic E-state index is 0.702. The van der Waals surface area contributed by atoms with Gasteiger partial charge in [-0.05, 0) is 12.1 Å². The average molecular weight is 292 g/mol. The van der Waals surface area contributed by atoms with Crippen LogP contribution < -0.4 is 0 Å². The maximum atomic E-state index is 4.68. The van der Waals surface area contributed by atoms with Gasteiger partial charge in [0, 0.05) is 17.1 Å². The molecule has 102 valence electrons. The fourth-order valence-electron chi connectivity index (χ4n) is 2.26. The predicted octanol–water partition coefficient (Wildman–Crippen LogP) is 3.67. The molecule has 1 aromatic carbocycles. The average Bonchev–Trinajstić information content (AvgIpc) is 3.14. The molecule has 0 saturated heterocycles. The number of hydrogen-bond acceptors (Lipinski definition) is 4. The highest BCUT2D eigenvalue weighted by Crippen LogP contribution is 2.23. The standard InChI is InChI=1S/C16H12N4S/c1-2-5-11(6-3-1)13-10-21-15(19-13)9-14-18-12-7-4-8-17-16(12)20-14/h1-8,10H,9H2,(H,17,18,20). The summed E-state index contributed by atoms with van der Waals surface area (Å²) in [6.07, 6.45) is 2.46. The molecular formula is C16H12N4S. The summed E-state index contributed by atoms with van der Waals surface area (Å²) in [6.45, 7) is 0. The van der Waals surface area contributed by atoms with Crippen LogP contribution in [0.2, 0.25) is 0 Å². The Morgan fingerprint density at radius 2 is 1.90 bits per heavy atom. The van der Waals surface area contributed by atoms with Crippen LogP contribution in [0.4, 0.5) is 0 Å². The molecule has 0 amide bonds. The second kappa shape index (κ2) is 5.10. The minimum Gasteiger partial charge on any atom is -0.340 e. The normalized spacial score (nSPS) is 11.0. The first-order valence-corrected chi connectivity index (χ1v) is 7.56. The molecule has 4 nitrogen and oxygen atoms in total. The van der Waals surface area contributed by atoms with Crippen molar-refractivity contribution in [3.63, 3.8) is 0 Å². The highest BCUT2D eigenvalue weighted by molar-refractivity contribution is 7.10. The first kappa shape index (κ1) is 12.2. The molecule has 0 saturated carbocycles. The number of nitrogens with one attached hydrogen (secondary N) is 1. The molecule has 3 aromatic heterocycles. The molecule has 0 fully saturated rings. The van der Waals surface area contributed by atoms with Crippen molar-refractivity contribution in [1.82, 2.24) is 19.9 Å². The number of thiazole rings is 1. The zero-order chi connectivity index (χ0) is 14.1. The summed E-state index contributed by atoms with van der Waals surface area (Å²) in [5.74, 6) is 0.901. The minimum atomic E-state index is 0.702. The Hall–Kier alpha value is -2.53. The molecule has 21 heavy (non-hydrogen) atoms. The number of fused-ring (bicyclic) bond motifs is 1. The topological polar surface area (TPSA) is 54.5 Å². The quantitative estimate of drug-likeness (QED) is 0.627. The van der Waals surface area contributed by atoms with Gasteiger partial charge in [0.2, 0.25) is 0 Å².